The number of nitrogens with zero attached hydrogens (tertiary/aromatic N) is 2. The Morgan fingerprint density at radius 3 is 2.27 bits per heavy atom. The van der Waals surface area contributed by atoms with Gasteiger partial charge < -0.3 is 19.7 Å². The zero-order chi connectivity index (χ0) is 27.6. The van der Waals surface area contributed by atoms with Crippen molar-refractivity contribution in [2.75, 3.05) is 13.2 Å². The lowest BCUT2D eigenvalue weighted by molar-refractivity contribution is -0.193. The summed E-state index contributed by atoms with van der Waals surface area (Å²) in [6, 6.07) is 6.72. The number of hydrogen-bond acceptors (Lipinski definition) is 7. The summed E-state index contributed by atoms with van der Waals surface area (Å²) in [6.45, 7) is 3.42. The average Bonchev–Trinajstić information content (AvgIpc) is 3.46. The first-order valence-corrected chi connectivity index (χ1v) is 11.7. The molecule has 2 N–H and O–H groups in total. The number of carboxylic acids is 2. The molecule has 4 rings (SSSR count). The fraction of sp³-hybridized carbons (Fsp3) is 0.500. The molecule has 2 fully saturated rings. The minimum atomic E-state index is -5.08. The third kappa shape index (κ3) is 10.3. The molecule has 0 unspecified atom stereocenters. The molecule has 0 saturated carbocycles. The summed E-state index contributed by atoms with van der Waals surface area (Å²) in [5.41, 5.74) is 2.52. The minimum Gasteiger partial charge on any atom is -0.475 e. The molecule has 4 heterocycles. The number of halogens is 6. The first kappa shape index (κ1) is 30.5. The molecule has 37 heavy (non-hydrogen) atoms. The van der Waals surface area contributed by atoms with Crippen molar-refractivity contribution in [2.45, 2.75) is 56.6 Å². The molecule has 0 spiro atoms. The molecule has 15 heteroatoms. The van der Waals surface area contributed by atoms with Crippen LogP contribution in [0.1, 0.15) is 24.0 Å². The highest BCUT2D eigenvalue weighted by Gasteiger charge is 2.44. The second-order valence-corrected chi connectivity index (χ2v) is 8.70. The summed E-state index contributed by atoms with van der Waals surface area (Å²) < 4.78 is 75.7. The van der Waals surface area contributed by atoms with Gasteiger partial charge in [-0.15, -0.1) is 0 Å². The van der Waals surface area contributed by atoms with Gasteiger partial charge in [-0.25, -0.2) is 9.59 Å². The summed E-state index contributed by atoms with van der Waals surface area (Å²) in [5, 5.41) is 18.6. The third-order valence-corrected chi connectivity index (χ3v) is 5.95. The average molecular weight is 558 g/mol. The summed E-state index contributed by atoms with van der Waals surface area (Å²) >= 11 is 1.76. The molecule has 0 aromatic carbocycles. The smallest absolute Gasteiger partial charge is 0.475 e. The van der Waals surface area contributed by atoms with Crippen molar-refractivity contribution in [2.24, 2.45) is 0 Å². The van der Waals surface area contributed by atoms with Crippen LogP contribution in [-0.4, -0.2) is 75.8 Å². The predicted molar refractivity (Wildman–Crippen MR) is 118 cm³/mol. The molecule has 0 aliphatic carbocycles. The topological polar surface area (TPSA) is 109 Å². The van der Waals surface area contributed by atoms with Crippen molar-refractivity contribution in [1.29, 1.82) is 0 Å². The van der Waals surface area contributed by atoms with E-state index in [1.165, 1.54) is 12.0 Å². The first-order valence-electron chi connectivity index (χ1n) is 10.8. The van der Waals surface area contributed by atoms with Gasteiger partial charge in [0.2, 0.25) is 0 Å². The highest BCUT2D eigenvalue weighted by atomic mass is 32.1. The van der Waals surface area contributed by atoms with Gasteiger partial charge in [0.1, 0.15) is 6.10 Å². The molecular formula is C22H24F6N2O6S. The maximum atomic E-state index is 10.6. The highest BCUT2D eigenvalue weighted by Crippen LogP contribution is 2.32. The van der Waals surface area contributed by atoms with Crippen molar-refractivity contribution in [3.63, 3.8) is 0 Å². The van der Waals surface area contributed by atoms with Gasteiger partial charge in [0, 0.05) is 38.1 Å². The number of hydrogen-bond donors (Lipinski definition) is 2. The van der Waals surface area contributed by atoms with E-state index >= 15 is 0 Å². The van der Waals surface area contributed by atoms with Gasteiger partial charge >= 0.3 is 24.3 Å². The van der Waals surface area contributed by atoms with Gasteiger partial charge in [-0.05, 0) is 46.9 Å². The van der Waals surface area contributed by atoms with Crippen LogP contribution in [0.5, 0.6) is 0 Å². The summed E-state index contributed by atoms with van der Waals surface area (Å²) in [5.74, 6) is -5.51. The molecule has 2 aromatic rings. The van der Waals surface area contributed by atoms with E-state index in [-0.39, 0.29) is 12.2 Å². The van der Waals surface area contributed by atoms with Gasteiger partial charge in [0.05, 0.1) is 12.7 Å². The van der Waals surface area contributed by atoms with Gasteiger partial charge in [0.25, 0.3) is 0 Å². The molecule has 2 aromatic heterocycles. The van der Waals surface area contributed by atoms with Crippen LogP contribution in [0, 0.1) is 0 Å². The molecular weight excluding hydrogens is 534 g/mol. The van der Waals surface area contributed by atoms with Crippen molar-refractivity contribution in [3.05, 3.63) is 52.5 Å². The number of rotatable bonds is 5. The molecule has 2 aliphatic rings. The van der Waals surface area contributed by atoms with Crippen LogP contribution in [0.3, 0.4) is 0 Å². The van der Waals surface area contributed by atoms with Crippen LogP contribution in [0.15, 0.2) is 41.4 Å². The molecule has 0 radical (unpaired) electrons. The van der Waals surface area contributed by atoms with Crippen molar-refractivity contribution < 1.29 is 55.6 Å². The standard InChI is InChI=1S/C18H22N2O2S.2C2HF3O2/c1-3-14(9-19-6-1)12-22-17-11-20(10-15-5-8-23-13-15)16-4-2-7-21-18(16)17;2*3-2(4,5)1(6)7/h1,3,5-6,8-9,13,16-18H,2,4,7,10-12H2;2*(H,6,7)/t16-,17+,18+;;/m1../s1. The van der Waals surface area contributed by atoms with Crippen LogP contribution in [0.4, 0.5) is 26.3 Å². The normalized spacial score (nSPS) is 21.6. The number of aliphatic carboxylic acids is 2. The zero-order valence-corrected chi connectivity index (χ0v) is 19.9. The molecule has 0 amide bonds. The Labute approximate surface area is 211 Å². The minimum absolute atomic E-state index is 0.152. The number of pyridine rings is 1. The zero-order valence-electron chi connectivity index (χ0n) is 19.1. The van der Waals surface area contributed by atoms with E-state index in [2.05, 4.69) is 32.8 Å². The van der Waals surface area contributed by atoms with Crippen LogP contribution in [-0.2, 0) is 32.2 Å². The Balaban J connectivity index is 0.000000286. The third-order valence-electron chi connectivity index (χ3n) is 5.22. The van der Waals surface area contributed by atoms with Gasteiger partial charge in [-0.1, -0.05) is 6.07 Å². The van der Waals surface area contributed by atoms with Gasteiger partial charge in [-0.3, -0.25) is 9.88 Å². The lowest BCUT2D eigenvalue weighted by Gasteiger charge is -2.32. The van der Waals surface area contributed by atoms with Crippen LogP contribution in [0.2, 0.25) is 0 Å². The number of carboxylic acid groups (broad SMARTS) is 2. The second-order valence-electron chi connectivity index (χ2n) is 7.92. The second kappa shape index (κ2) is 13.7. The quantitative estimate of drug-likeness (QED) is 0.522. The number of aromatic nitrogens is 1. The number of fused-ring (bicyclic) bond motifs is 1. The Bertz CT molecular complexity index is 950. The Hall–Kier alpha value is -2.75. The molecule has 8 nitrogen and oxygen atoms in total. The Morgan fingerprint density at radius 2 is 1.76 bits per heavy atom. The Morgan fingerprint density at radius 1 is 1.11 bits per heavy atom. The van der Waals surface area contributed by atoms with E-state index in [1.54, 1.807) is 17.5 Å². The monoisotopic (exact) mass is 558 g/mol. The maximum Gasteiger partial charge on any atom is 0.490 e. The van der Waals surface area contributed by atoms with Crippen molar-refractivity contribution in [1.82, 2.24) is 9.88 Å². The van der Waals surface area contributed by atoms with E-state index < -0.39 is 24.3 Å². The molecule has 2 aliphatic heterocycles. The fourth-order valence-electron chi connectivity index (χ4n) is 3.64. The number of ether oxygens (including phenoxy) is 2. The first-order chi connectivity index (χ1) is 17.3. The lowest BCUT2D eigenvalue weighted by Crippen LogP contribution is -2.41. The van der Waals surface area contributed by atoms with E-state index in [9.17, 15) is 26.3 Å². The maximum absolute atomic E-state index is 10.6. The summed E-state index contributed by atoms with van der Waals surface area (Å²) in [7, 11) is 0. The van der Waals surface area contributed by atoms with Crippen molar-refractivity contribution in [3.8, 4) is 0 Å². The lowest BCUT2D eigenvalue weighted by atomic mass is 10.0. The Kier molecular flexibility index (Phi) is 11.3. The number of thiophene rings is 1. The van der Waals surface area contributed by atoms with E-state index in [0.717, 1.165) is 31.7 Å². The predicted octanol–water partition coefficient (Wildman–Crippen LogP) is 4.36. The van der Waals surface area contributed by atoms with E-state index in [4.69, 9.17) is 29.3 Å². The molecule has 0 bridgehead atoms. The summed E-state index contributed by atoms with van der Waals surface area (Å²) in [4.78, 5) is 24.5. The van der Waals surface area contributed by atoms with E-state index in [0.29, 0.717) is 12.6 Å². The molecule has 2 saturated heterocycles. The highest BCUT2D eigenvalue weighted by molar-refractivity contribution is 7.07. The van der Waals surface area contributed by atoms with E-state index in [1.807, 2.05) is 12.3 Å². The largest absolute Gasteiger partial charge is 0.490 e. The number of carbonyl (C=O) groups is 2. The fourth-order valence-corrected chi connectivity index (χ4v) is 4.30. The number of likely N-dealkylation sites (tertiary alicyclic amines) is 1. The van der Waals surface area contributed by atoms with Crippen LogP contribution < -0.4 is 0 Å². The van der Waals surface area contributed by atoms with Gasteiger partial charge in [0.15, 0.2) is 0 Å². The van der Waals surface area contributed by atoms with Crippen LogP contribution in [0.25, 0.3) is 0 Å². The number of alkyl halides is 6. The van der Waals surface area contributed by atoms with Crippen LogP contribution >= 0.6 is 11.3 Å². The molecule has 206 valence electrons. The van der Waals surface area contributed by atoms with Crippen molar-refractivity contribution >= 4 is 23.3 Å². The van der Waals surface area contributed by atoms with Gasteiger partial charge in [-0.2, -0.15) is 37.7 Å². The SMILES string of the molecule is O=C(O)C(F)(F)F.O=C(O)C(F)(F)F.c1cncc(CO[C@H]2CN(Cc3ccsc3)[C@@H]3CCCO[C@H]23)c1. The summed E-state index contributed by atoms with van der Waals surface area (Å²) in [6.07, 6.45) is -3.78. The molecule has 3 atom stereocenters.